The lowest BCUT2D eigenvalue weighted by molar-refractivity contribution is -0.122. The van der Waals surface area contributed by atoms with E-state index < -0.39 is 0 Å². The number of hydrogen-bond acceptors (Lipinski definition) is 2. The molecule has 0 saturated carbocycles. The second kappa shape index (κ2) is 5.93. The van der Waals surface area contributed by atoms with Crippen LogP contribution in [0, 0.1) is 5.82 Å². The number of amides is 1. The normalized spacial score (nSPS) is 17.2. The highest BCUT2D eigenvalue weighted by Crippen LogP contribution is 2.15. The first-order valence-corrected chi connectivity index (χ1v) is 6.62. The standard InChI is InChI=1S/C14H15FN2OS/c1-2-3-8-17-13(18)12(16-14(17)19)9-10-4-6-11(15)7-5-10/h4-7,9H,2-3,8H2,1H3,(H,16,19)/b12-9+. The van der Waals surface area contributed by atoms with Crippen molar-refractivity contribution in [2.24, 2.45) is 0 Å². The van der Waals surface area contributed by atoms with Crippen LogP contribution in [-0.2, 0) is 4.79 Å². The van der Waals surface area contributed by atoms with Crippen molar-refractivity contribution in [1.29, 1.82) is 0 Å². The third kappa shape index (κ3) is 3.17. The number of carbonyl (C=O) groups is 1. The highest BCUT2D eigenvalue weighted by atomic mass is 32.1. The maximum atomic E-state index is 12.8. The third-order valence-corrected chi connectivity index (χ3v) is 3.20. The Balaban J connectivity index is 2.16. The summed E-state index contributed by atoms with van der Waals surface area (Å²) in [5.41, 5.74) is 1.20. The lowest BCUT2D eigenvalue weighted by Crippen LogP contribution is -2.31. The van der Waals surface area contributed by atoms with Gasteiger partial charge >= 0.3 is 0 Å². The number of unbranched alkanes of at least 4 members (excludes halogenated alkanes) is 1. The third-order valence-electron chi connectivity index (χ3n) is 2.88. The predicted octanol–water partition coefficient (Wildman–Crippen LogP) is 2.68. The van der Waals surface area contributed by atoms with Crippen molar-refractivity contribution in [3.63, 3.8) is 0 Å². The average Bonchev–Trinajstić information content (AvgIpc) is 2.65. The van der Waals surface area contributed by atoms with Gasteiger partial charge in [-0.1, -0.05) is 25.5 Å². The van der Waals surface area contributed by atoms with Gasteiger partial charge in [-0.15, -0.1) is 0 Å². The van der Waals surface area contributed by atoms with E-state index >= 15 is 0 Å². The number of rotatable bonds is 4. The molecule has 0 bridgehead atoms. The molecule has 0 radical (unpaired) electrons. The first-order valence-electron chi connectivity index (χ1n) is 6.22. The molecule has 2 rings (SSSR count). The van der Waals surface area contributed by atoms with Crippen LogP contribution < -0.4 is 5.32 Å². The Bertz CT molecular complexity index is 525. The quantitative estimate of drug-likeness (QED) is 0.679. The van der Waals surface area contributed by atoms with Gasteiger partial charge in [0.25, 0.3) is 5.91 Å². The molecular weight excluding hydrogens is 263 g/mol. The van der Waals surface area contributed by atoms with Crippen LogP contribution in [0.3, 0.4) is 0 Å². The minimum Gasteiger partial charge on any atom is -0.328 e. The Morgan fingerprint density at radius 2 is 2.05 bits per heavy atom. The van der Waals surface area contributed by atoms with Crippen molar-refractivity contribution in [3.8, 4) is 0 Å². The van der Waals surface area contributed by atoms with Gasteiger partial charge in [0, 0.05) is 6.54 Å². The molecule has 1 heterocycles. The number of hydrogen-bond donors (Lipinski definition) is 1. The van der Waals surface area contributed by atoms with Crippen molar-refractivity contribution in [2.45, 2.75) is 19.8 Å². The van der Waals surface area contributed by atoms with Gasteiger partial charge in [0.1, 0.15) is 11.5 Å². The highest BCUT2D eigenvalue weighted by molar-refractivity contribution is 7.80. The molecule has 100 valence electrons. The number of halogens is 1. The molecule has 1 aliphatic heterocycles. The SMILES string of the molecule is CCCCN1C(=O)/C(=C\c2ccc(F)cc2)NC1=S. The van der Waals surface area contributed by atoms with Crippen LogP contribution in [0.25, 0.3) is 6.08 Å². The zero-order chi connectivity index (χ0) is 13.8. The minimum atomic E-state index is -0.298. The summed E-state index contributed by atoms with van der Waals surface area (Å²) in [5, 5.41) is 3.34. The van der Waals surface area contributed by atoms with Gasteiger partial charge < -0.3 is 5.32 Å². The molecule has 5 heteroatoms. The molecule has 19 heavy (non-hydrogen) atoms. The smallest absolute Gasteiger partial charge is 0.276 e. The zero-order valence-corrected chi connectivity index (χ0v) is 11.5. The van der Waals surface area contributed by atoms with Crippen molar-refractivity contribution < 1.29 is 9.18 Å². The molecule has 0 spiro atoms. The number of thiocarbonyl (C=S) groups is 1. The summed E-state index contributed by atoms with van der Waals surface area (Å²) in [5.74, 6) is -0.421. The van der Waals surface area contributed by atoms with Crippen LogP contribution >= 0.6 is 12.2 Å². The minimum absolute atomic E-state index is 0.122. The fraction of sp³-hybridized carbons (Fsp3) is 0.286. The van der Waals surface area contributed by atoms with Crippen molar-refractivity contribution in [3.05, 3.63) is 41.3 Å². The van der Waals surface area contributed by atoms with Gasteiger partial charge in [0.05, 0.1) is 0 Å². The summed E-state index contributed by atoms with van der Waals surface area (Å²) in [6, 6.07) is 5.96. The van der Waals surface area contributed by atoms with E-state index in [1.165, 1.54) is 12.1 Å². The van der Waals surface area contributed by atoms with E-state index in [-0.39, 0.29) is 11.7 Å². The van der Waals surface area contributed by atoms with Gasteiger partial charge in [-0.3, -0.25) is 9.69 Å². The molecule has 0 aliphatic carbocycles. The van der Waals surface area contributed by atoms with Gasteiger partial charge in [0.15, 0.2) is 5.11 Å². The fourth-order valence-corrected chi connectivity index (χ4v) is 2.10. The van der Waals surface area contributed by atoms with Gasteiger partial charge in [-0.05, 0) is 42.4 Å². The fourth-order valence-electron chi connectivity index (χ4n) is 1.82. The Hall–Kier alpha value is -1.75. The monoisotopic (exact) mass is 278 g/mol. The van der Waals surface area contributed by atoms with Gasteiger partial charge in [-0.2, -0.15) is 0 Å². The number of benzene rings is 1. The molecule has 1 fully saturated rings. The van der Waals surface area contributed by atoms with Crippen LogP contribution in [-0.4, -0.2) is 22.5 Å². The summed E-state index contributed by atoms with van der Waals surface area (Å²) >= 11 is 5.14. The number of carbonyl (C=O) groups excluding carboxylic acids is 1. The Labute approximate surface area is 117 Å². The molecule has 1 aromatic rings. The molecule has 1 N–H and O–H groups in total. The molecule has 1 aromatic carbocycles. The van der Waals surface area contributed by atoms with Crippen molar-refractivity contribution >= 4 is 29.3 Å². The summed E-state index contributed by atoms with van der Waals surface area (Å²) < 4.78 is 12.8. The van der Waals surface area contributed by atoms with Crippen LogP contribution in [0.5, 0.6) is 0 Å². The van der Waals surface area contributed by atoms with E-state index in [0.717, 1.165) is 18.4 Å². The second-order valence-electron chi connectivity index (χ2n) is 4.35. The molecule has 0 aromatic heterocycles. The second-order valence-corrected chi connectivity index (χ2v) is 4.74. The molecular formula is C14H15FN2OS. The summed E-state index contributed by atoms with van der Waals surface area (Å²) in [6.45, 7) is 2.69. The summed E-state index contributed by atoms with van der Waals surface area (Å²) in [6.07, 6.45) is 3.60. The van der Waals surface area contributed by atoms with Crippen LogP contribution in [0.4, 0.5) is 4.39 Å². The summed E-state index contributed by atoms with van der Waals surface area (Å²) in [7, 11) is 0. The van der Waals surface area contributed by atoms with E-state index in [9.17, 15) is 9.18 Å². The average molecular weight is 278 g/mol. The molecule has 0 unspecified atom stereocenters. The van der Waals surface area contributed by atoms with E-state index in [4.69, 9.17) is 12.2 Å². The molecule has 1 aliphatic rings. The van der Waals surface area contributed by atoms with Crippen LogP contribution in [0.15, 0.2) is 30.0 Å². The first-order chi connectivity index (χ1) is 9.11. The number of nitrogens with one attached hydrogen (secondary N) is 1. The number of nitrogens with zero attached hydrogens (tertiary/aromatic N) is 1. The lowest BCUT2D eigenvalue weighted by atomic mass is 10.2. The van der Waals surface area contributed by atoms with E-state index in [1.54, 1.807) is 23.1 Å². The Morgan fingerprint density at radius 1 is 1.37 bits per heavy atom. The van der Waals surface area contributed by atoms with E-state index in [1.807, 2.05) is 0 Å². The van der Waals surface area contributed by atoms with E-state index in [2.05, 4.69) is 12.2 Å². The highest BCUT2D eigenvalue weighted by Gasteiger charge is 2.29. The molecule has 0 atom stereocenters. The predicted molar refractivity (Wildman–Crippen MR) is 76.7 cm³/mol. The van der Waals surface area contributed by atoms with Gasteiger partial charge in [0.2, 0.25) is 0 Å². The maximum absolute atomic E-state index is 12.8. The molecule has 1 amide bonds. The largest absolute Gasteiger partial charge is 0.328 e. The van der Waals surface area contributed by atoms with Crippen LogP contribution in [0.1, 0.15) is 25.3 Å². The first kappa shape index (κ1) is 13.7. The van der Waals surface area contributed by atoms with Crippen molar-refractivity contribution in [1.82, 2.24) is 10.2 Å². The van der Waals surface area contributed by atoms with Gasteiger partial charge in [-0.25, -0.2) is 4.39 Å². The molecule has 1 saturated heterocycles. The van der Waals surface area contributed by atoms with Crippen molar-refractivity contribution in [2.75, 3.05) is 6.54 Å². The lowest BCUT2D eigenvalue weighted by Gasteiger charge is -2.12. The Kier molecular flexibility index (Phi) is 4.27. The Morgan fingerprint density at radius 3 is 2.68 bits per heavy atom. The summed E-state index contributed by atoms with van der Waals surface area (Å²) in [4.78, 5) is 13.7. The van der Waals surface area contributed by atoms with E-state index in [0.29, 0.717) is 17.4 Å². The zero-order valence-electron chi connectivity index (χ0n) is 10.6. The molecule has 3 nitrogen and oxygen atoms in total. The maximum Gasteiger partial charge on any atom is 0.276 e. The topological polar surface area (TPSA) is 32.3 Å². The van der Waals surface area contributed by atoms with Crippen LogP contribution in [0.2, 0.25) is 0 Å².